The van der Waals surface area contributed by atoms with E-state index in [1.807, 2.05) is 24.3 Å². The zero-order valence-corrected chi connectivity index (χ0v) is 28.6. The molecule has 2 aliphatic rings. The molecule has 0 aliphatic carbocycles. The molecular formula is C40H39N3O2Si. The van der Waals surface area contributed by atoms with Gasteiger partial charge in [0, 0.05) is 5.56 Å². The van der Waals surface area contributed by atoms with E-state index in [1.54, 1.807) is 0 Å². The molecule has 5 nitrogen and oxygen atoms in total. The van der Waals surface area contributed by atoms with Gasteiger partial charge in [0.25, 0.3) is 0 Å². The van der Waals surface area contributed by atoms with Gasteiger partial charge in [0.2, 0.25) is 0 Å². The lowest BCUT2D eigenvalue weighted by molar-refractivity contribution is 0.446. The number of aromatic nitrogens is 2. The van der Waals surface area contributed by atoms with Gasteiger partial charge in [0.15, 0.2) is 23.0 Å². The number of benzene rings is 5. The van der Waals surface area contributed by atoms with Crippen LogP contribution in [0.25, 0.3) is 28.1 Å². The summed E-state index contributed by atoms with van der Waals surface area (Å²) in [6.07, 6.45) is 0. The van der Waals surface area contributed by atoms with E-state index in [1.165, 1.54) is 27.5 Å². The highest BCUT2D eigenvalue weighted by Crippen LogP contribution is 2.60. The lowest BCUT2D eigenvalue weighted by Crippen LogP contribution is -2.38. The summed E-state index contributed by atoms with van der Waals surface area (Å²) in [4.78, 5) is 7.71. The predicted octanol–water partition coefficient (Wildman–Crippen LogP) is 11.2. The number of imidazole rings is 1. The van der Waals surface area contributed by atoms with E-state index in [0.717, 1.165) is 57.0 Å². The van der Waals surface area contributed by atoms with Crippen LogP contribution < -0.4 is 19.6 Å². The topological polar surface area (TPSA) is 39.5 Å². The highest BCUT2D eigenvalue weighted by atomic mass is 28.3. The number of ether oxygens (including phenoxy) is 2. The number of anilines is 3. The highest BCUT2D eigenvalue weighted by molar-refractivity contribution is 6.90. The van der Waals surface area contributed by atoms with Gasteiger partial charge in [0.05, 0.1) is 36.2 Å². The molecule has 0 saturated carbocycles. The summed E-state index contributed by atoms with van der Waals surface area (Å²) in [5, 5.41) is 1.40. The maximum absolute atomic E-state index is 6.67. The van der Waals surface area contributed by atoms with E-state index in [4.69, 9.17) is 14.5 Å². The van der Waals surface area contributed by atoms with Crippen LogP contribution in [0.1, 0.15) is 50.7 Å². The Bertz CT molecular complexity index is 2080. The molecule has 0 N–H and O–H groups in total. The van der Waals surface area contributed by atoms with Gasteiger partial charge in [-0.1, -0.05) is 102 Å². The quantitative estimate of drug-likeness (QED) is 0.179. The molecule has 6 heteroatoms. The van der Waals surface area contributed by atoms with E-state index in [0.29, 0.717) is 11.8 Å². The zero-order valence-electron chi connectivity index (χ0n) is 27.6. The fourth-order valence-electron chi connectivity index (χ4n) is 7.06. The normalized spacial score (nSPS) is 13.4. The fraction of sp³-hybridized carbons (Fsp3) is 0.225. The van der Waals surface area contributed by atoms with Crippen molar-refractivity contribution >= 4 is 41.4 Å². The molecule has 0 radical (unpaired) electrons. The summed E-state index contributed by atoms with van der Waals surface area (Å²) < 4.78 is 15.8. The molecular weight excluding hydrogens is 583 g/mol. The van der Waals surface area contributed by atoms with Gasteiger partial charge in [-0.3, -0.25) is 9.47 Å². The molecule has 0 amide bonds. The monoisotopic (exact) mass is 621 g/mol. The maximum Gasteiger partial charge on any atom is 0.156 e. The molecule has 46 heavy (non-hydrogen) atoms. The van der Waals surface area contributed by atoms with Gasteiger partial charge in [-0.25, -0.2) is 4.98 Å². The average molecular weight is 622 g/mol. The van der Waals surface area contributed by atoms with Crippen LogP contribution in [0.15, 0.2) is 97.1 Å². The van der Waals surface area contributed by atoms with Crippen LogP contribution in [-0.2, 0) is 0 Å². The third-order valence-corrected chi connectivity index (χ3v) is 11.2. The summed E-state index contributed by atoms with van der Waals surface area (Å²) in [5.74, 6) is 4.70. The number of hydrogen-bond donors (Lipinski definition) is 0. The minimum absolute atomic E-state index is 0.330. The molecule has 0 spiro atoms. The first-order chi connectivity index (χ1) is 22.1. The molecule has 0 atom stereocenters. The standard InChI is InChI=1S/C40H39N3O2Si/c1-24(2)27-14-12-15-28(25(3)4)37(27)43-38-29(16-13-21-36(38)46(5,6)7)41-40(43)26-22-34-39-35(23-26)45-33-20-11-9-18-31(33)42(39)30-17-8-10-19-32(30)44-34/h8-25H,1-7H3. The van der Waals surface area contributed by atoms with Crippen LogP contribution in [0.3, 0.4) is 0 Å². The Morgan fingerprint density at radius 2 is 1.15 bits per heavy atom. The second-order valence-electron chi connectivity index (χ2n) is 14.1. The predicted molar refractivity (Wildman–Crippen MR) is 192 cm³/mol. The Hall–Kier alpha value is -4.81. The van der Waals surface area contributed by atoms with Crippen molar-refractivity contribution in [3.8, 4) is 40.1 Å². The van der Waals surface area contributed by atoms with Crippen LogP contribution in [0.4, 0.5) is 17.1 Å². The van der Waals surface area contributed by atoms with E-state index < -0.39 is 8.07 Å². The number of rotatable bonds is 5. The second-order valence-corrected chi connectivity index (χ2v) is 19.1. The molecule has 0 saturated heterocycles. The van der Waals surface area contributed by atoms with E-state index in [9.17, 15) is 0 Å². The molecule has 0 fully saturated rings. The zero-order chi connectivity index (χ0) is 31.9. The number of nitrogens with zero attached hydrogens (tertiary/aromatic N) is 3. The SMILES string of the molecule is CC(C)c1cccc(C(C)C)c1-n1c(-c2cc3c4c(c2)Oc2ccccc2N4c2ccccc2O3)nc2cccc([Si](C)(C)C)c21. The Balaban J connectivity index is 1.47. The largest absolute Gasteiger partial charge is 0.453 e. The van der Waals surface area contributed by atoms with Gasteiger partial charge in [-0.05, 0) is 70.6 Å². The molecule has 6 aromatic rings. The minimum atomic E-state index is -1.78. The molecule has 230 valence electrons. The van der Waals surface area contributed by atoms with Crippen molar-refractivity contribution in [1.82, 2.24) is 9.55 Å². The summed E-state index contributed by atoms with van der Waals surface area (Å²) in [6, 6.07) is 34.2. The molecule has 3 heterocycles. The van der Waals surface area contributed by atoms with Crippen LogP contribution in [0.5, 0.6) is 23.0 Å². The Morgan fingerprint density at radius 1 is 0.609 bits per heavy atom. The summed E-state index contributed by atoms with van der Waals surface area (Å²) in [6.45, 7) is 16.4. The van der Waals surface area contributed by atoms with Gasteiger partial charge < -0.3 is 9.47 Å². The fourth-order valence-corrected chi connectivity index (χ4v) is 8.61. The average Bonchev–Trinajstić information content (AvgIpc) is 3.43. The molecule has 5 aromatic carbocycles. The summed E-state index contributed by atoms with van der Waals surface area (Å²) in [7, 11) is -1.78. The van der Waals surface area contributed by atoms with Gasteiger partial charge in [-0.2, -0.15) is 0 Å². The van der Waals surface area contributed by atoms with Gasteiger partial charge in [-0.15, -0.1) is 0 Å². The molecule has 2 aliphatic heterocycles. The summed E-state index contributed by atoms with van der Waals surface area (Å²) in [5.41, 5.74) is 9.96. The molecule has 8 rings (SSSR count). The molecule has 0 bridgehead atoms. The van der Waals surface area contributed by atoms with Crippen molar-refractivity contribution in [2.75, 3.05) is 4.90 Å². The molecule has 0 unspecified atom stereocenters. The van der Waals surface area contributed by atoms with Crippen molar-refractivity contribution in [3.05, 3.63) is 108 Å². The van der Waals surface area contributed by atoms with Crippen molar-refractivity contribution in [2.45, 2.75) is 59.2 Å². The maximum atomic E-state index is 6.67. The lowest BCUT2D eigenvalue weighted by atomic mass is 9.92. The van der Waals surface area contributed by atoms with Crippen molar-refractivity contribution in [3.63, 3.8) is 0 Å². The van der Waals surface area contributed by atoms with Crippen molar-refractivity contribution in [1.29, 1.82) is 0 Å². The minimum Gasteiger partial charge on any atom is -0.453 e. The second kappa shape index (κ2) is 10.4. The van der Waals surface area contributed by atoms with E-state index in [-0.39, 0.29) is 0 Å². The van der Waals surface area contributed by atoms with Gasteiger partial charge >= 0.3 is 0 Å². The summed E-state index contributed by atoms with van der Waals surface area (Å²) >= 11 is 0. The van der Waals surface area contributed by atoms with Gasteiger partial charge in [0.1, 0.15) is 11.5 Å². The first kappa shape index (κ1) is 28.6. The van der Waals surface area contributed by atoms with Crippen molar-refractivity contribution < 1.29 is 9.47 Å². The smallest absolute Gasteiger partial charge is 0.156 e. The van der Waals surface area contributed by atoms with Crippen LogP contribution in [-0.4, -0.2) is 17.6 Å². The number of para-hydroxylation sites is 6. The van der Waals surface area contributed by atoms with E-state index >= 15 is 0 Å². The molecule has 1 aromatic heterocycles. The Morgan fingerprint density at radius 3 is 1.70 bits per heavy atom. The lowest BCUT2D eigenvalue weighted by Gasteiger charge is -2.38. The number of hydrogen-bond acceptors (Lipinski definition) is 4. The van der Waals surface area contributed by atoms with E-state index in [2.05, 4.69) is 130 Å². The first-order valence-corrected chi connectivity index (χ1v) is 19.8. The van der Waals surface area contributed by atoms with Crippen molar-refractivity contribution in [2.24, 2.45) is 0 Å². The number of fused-ring (bicyclic) bond motifs is 5. The first-order valence-electron chi connectivity index (χ1n) is 16.3. The Kier molecular flexibility index (Phi) is 6.45. The Labute approximate surface area is 272 Å². The van der Waals surface area contributed by atoms with Crippen LogP contribution in [0, 0.1) is 0 Å². The highest BCUT2D eigenvalue weighted by Gasteiger charge is 2.36. The van der Waals surface area contributed by atoms with Crippen LogP contribution in [0.2, 0.25) is 19.6 Å². The van der Waals surface area contributed by atoms with Crippen LogP contribution >= 0.6 is 0 Å². The third kappa shape index (κ3) is 4.31. The third-order valence-electron chi connectivity index (χ3n) is 9.22.